The molecule has 0 saturated heterocycles. The summed E-state index contributed by atoms with van der Waals surface area (Å²) in [6.45, 7) is 0. The zero-order chi connectivity index (χ0) is 0. The van der Waals surface area contributed by atoms with Gasteiger partial charge in [0.25, 0.3) is 0 Å². The molecule has 0 aliphatic carbocycles. The molecule has 0 nitrogen and oxygen atoms in total. The molecule has 0 spiro atoms. The predicted octanol–water partition coefficient (Wildman–Crippen LogP) is -0.00990. The average Bonchev–Trinajstić information content (AvgIpc) is 0. The minimum absolute atomic E-state index is 0. The fourth-order valence-electron chi connectivity index (χ4n) is 0. The fraction of sp³-hybridized carbons (Fsp3) is 0. The van der Waals surface area contributed by atoms with Crippen molar-refractivity contribution in [3.05, 3.63) is 0 Å². The van der Waals surface area contributed by atoms with Gasteiger partial charge in [-0.3, -0.25) is 0 Å². The average molecular weight is 246 g/mol. The van der Waals surface area contributed by atoms with E-state index >= 15 is 0 Å². The van der Waals surface area contributed by atoms with E-state index in [4.69, 9.17) is 0 Å². The van der Waals surface area contributed by atoms with E-state index in [1.54, 1.807) is 0 Å². The van der Waals surface area contributed by atoms with Crippen molar-refractivity contribution in [2.45, 2.75) is 0 Å². The van der Waals surface area contributed by atoms with E-state index in [2.05, 4.69) is 0 Å². The molecule has 0 unspecified atom stereocenters. The molecule has 4 heavy (non-hydrogen) atoms. The molecule has 0 saturated carbocycles. The minimum atomic E-state index is 0. The van der Waals surface area contributed by atoms with Gasteiger partial charge in [-0.05, 0) is 0 Å². The van der Waals surface area contributed by atoms with Crippen LogP contribution in [0.2, 0.25) is 0 Å². The van der Waals surface area contributed by atoms with E-state index in [9.17, 15) is 0 Å². The van der Waals surface area contributed by atoms with Gasteiger partial charge in [-0.15, -0.1) is 0 Å². The Morgan fingerprint density at radius 2 is 1.00 bits per heavy atom. The molecule has 0 rings (SSSR count). The first-order valence-electron chi connectivity index (χ1n) is 0. The summed E-state index contributed by atoms with van der Waals surface area (Å²) < 4.78 is 0. The molecular formula is CoMoNiS. The Morgan fingerprint density at radius 3 is 1.00 bits per heavy atom. The SMILES string of the molecule is [Co].[Mo].[Ni+2].[S-2]. The van der Waals surface area contributed by atoms with Crippen molar-refractivity contribution in [2.24, 2.45) is 0 Å². The van der Waals surface area contributed by atoms with E-state index in [0.29, 0.717) is 0 Å². The fourth-order valence-corrected chi connectivity index (χ4v) is 0. The molecule has 0 aliphatic rings. The Kier molecular flexibility index (Phi) is 182. The summed E-state index contributed by atoms with van der Waals surface area (Å²) in [4.78, 5) is 0. The molecule has 0 aromatic rings. The monoisotopic (exact) mass is 247 g/mol. The summed E-state index contributed by atoms with van der Waals surface area (Å²) in [7, 11) is 0. The van der Waals surface area contributed by atoms with Crippen LogP contribution in [-0.4, -0.2) is 0 Å². The van der Waals surface area contributed by atoms with Crippen LogP contribution in [0.15, 0.2) is 0 Å². The molecule has 0 atom stereocenters. The van der Waals surface area contributed by atoms with Gasteiger partial charge in [0.05, 0.1) is 0 Å². The van der Waals surface area contributed by atoms with Crippen molar-refractivity contribution in [1.29, 1.82) is 0 Å². The Morgan fingerprint density at radius 1 is 1.00 bits per heavy atom. The van der Waals surface area contributed by atoms with E-state index in [0.717, 1.165) is 0 Å². The quantitative estimate of drug-likeness (QED) is 0.527. The molecule has 0 heterocycles. The largest absolute Gasteiger partial charge is 2.00 e. The van der Waals surface area contributed by atoms with E-state index in [-0.39, 0.29) is 67.8 Å². The molecule has 0 aromatic carbocycles. The van der Waals surface area contributed by atoms with Crippen molar-refractivity contribution < 1.29 is 54.3 Å². The van der Waals surface area contributed by atoms with Gasteiger partial charge in [-0.2, -0.15) is 0 Å². The van der Waals surface area contributed by atoms with Gasteiger partial charge in [0.2, 0.25) is 0 Å². The molecule has 0 amide bonds. The second-order valence-electron chi connectivity index (χ2n) is 0. The maximum absolute atomic E-state index is 0. The predicted molar refractivity (Wildman–Crippen MR) is 7.37 cm³/mol. The summed E-state index contributed by atoms with van der Waals surface area (Å²) in [5.74, 6) is 0. The minimum Gasteiger partial charge on any atom is -2.00 e. The molecule has 0 N–H and O–H groups in total. The third-order valence-corrected chi connectivity index (χ3v) is 0. The first-order chi connectivity index (χ1) is 0. The van der Waals surface area contributed by atoms with Crippen LogP contribution < -0.4 is 0 Å². The third kappa shape index (κ3) is 8.97. The van der Waals surface area contributed by atoms with E-state index in [1.165, 1.54) is 0 Å². The van der Waals surface area contributed by atoms with Crippen LogP contribution in [0.25, 0.3) is 0 Å². The molecule has 0 bridgehead atoms. The Bertz CT molecular complexity index is 8.00. The first-order valence-corrected chi connectivity index (χ1v) is 0. The van der Waals surface area contributed by atoms with Gasteiger partial charge >= 0.3 is 16.5 Å². The number of hydrogen-bond acceptors (Lipinski definition) is 0. The summed E-state index contributed by atoms with van der Waals surface area (Å²) >= 11 is 0. The van der Waals surface area contributed by atoms with Crippen molar-refractivity contribution in [2.75, 3.05) is 0 Å². The van der Waals surface area contributed by atoms with E-state index in [1.807, 2.05) is 0 Å². The van der Waals surface area contributed by atoms with E-state index < -0.39 is 0 Å². The maximum atomic E-state index is 0. The summed E-state index contributed by atoms with van der Waals surface area (Å²) in [6, 6.07) is 0. The van der Waals surface area contributed by atoms with Gasteiger partial charge in [-0.1, -0.05) is 0 Å². The topological polar surface area (TPSA) is 0 Å². The summed E-state index contributed by atoms with van der Waals surface area (Å²) in [5, 5.41) is 0. The molecular weight excluding hydrogens is 246 g/mol. The first kappa shape index (κ1) is 36.9. The molecule has 0 aliphatic heterocycles. The van der Waals surface area contributed by atoms with Crippen LogP contribution in [0.4, 0.5) is 0 Å². The maximum Gasteiger partial charge on any atom is 2.00 e. The van der Waals surface area contributed by atoms with Crippen molar-refractivity contribution in [3.8, 4) is 0 Å². The van der Waals surface area contributed by atoms with Crippen molar-refractivity contribution in [1.82, 2.24) is 0 Å². The molecule has 31 valence electrons. The van der Waals surface area contributed by atoms with Crippen LogP contribution >= 0.6 is 0 Å². The standard InChI is InChI=1S/Co.Mo.Ni.S/q;;+2;-2. The Hall–Kier alpha value is 2.04. The van der Waals surface area contributed by atoms with Gasteiger partial charge < -0.3 is 13.5 Å². The second-order valence-corrected chi connectivity index (χ2v) is 0. The number of rotatable bonds is 0. The van der Waals surface area contributed by atoms with Crippen LogP contribution in [0.3, 0.4) is 0 Å². The van der Waals surface area contributed by atoms with Crippen LogP contribution in [0, 0.1) is 0 Å². The smallest absolute Gasteiger partial charge is 2.00 e. The Balaban J connectivity index is 0. The third-order valence-electron chi connectivity index (χ3n) is 0. The normalized spacial score (nSPS) is 0. The summed E-state index contributed by atoms with van der Waals surface area (Å²) in [6.07, 6.45) is 0. The molecule has 1 radical (unpaired) electrons. The molecule has 4 heteroatoms. The molecule has 0 fully saturated rings. The van der Waals surface area contributed by atoms with Crippen molar-refractivity contribution >= 4 is 13.5 Å². The number of hydrogen-bond donors (Lipinski definition) is 0. The Labute approximate surface area is 67.3 Å². The van der Waals surface area contributed by atoms with Crippen molar-refractivity contribution in [3.63, 3.8) is 0 Å². The summed E-state index contributed by atoms with van der Waals surface area (Å²) in [5.41, 5.74) is 0. The van der Waals surface area contributed by atoms with Crippen LogP contribution in [0.1, 0.15) is 0 Å². The van der Waals surface area contributed by atoms with Gasteiger partial charge in [0.15, 0.2) is 0 Å². The van der Waals surface area contributed by atoms with Crippen LogP contribution in [0.5, 0.6) is 0 Å². The molecule has 0 aromatic heterocycles. The zero-order valence-corrected chi connectivity index (χ0v) is 6.32. The van der Waals surface area contributed by atoms with Crippen LogP contribution in [-0.2, 0) is 67.8 Å². The second kappa shape index (κ2) is 19.8. The van der Waals surface area contributed by atoms with Gasteiger partial charge in [0, 0.05) is 37.8 Å². The van der Waals surface area contributed by atoms with Gasteiger partial charge in [-0.25, -0.2) is 0 Å². The van der Waals surface area contributed by atoms with Gasteiger partial charge in [0.1, 0.15) is 0 Å². The zero-order valence-electron chi connectivity index (χ0n) is 1.47.